The zero-order valence-electron chi connectivity index (χ0n) is 12.5. The molecule has 0 bridgehead atoms. The molecule has 1 atom stereocenters. The summed E-state index contributed by atoms with van der Waals surface area (Å²) in [4.78, 5) is 13.7. The normalized spacial score (nSPS) is 17.8. The third kappa shape index (κ3) is 2.59. The maximum Gasteiger partial charge on any atom is 0.247 e. The second-order valence-electron chi connectivity index (χ2n) is 5.77. The highest BCUT2D eigenvalue weighted by atomic mass is 16.3. The minimum atomic E-state index is -0.196. The number of hydrogen-bond acceptors (Lipinski definition) is 3. The van der Waals surface area contributed by atoms with Gasteiger partial charge in [0, 0.05) is 29.1 Å². The van der Waals surface area contributed by atoms with E-state index in [9.17, 15) is 4.79 Å². The van der Waals surface area contributed by atoms with E-state index in [1.54, 1.807) is 0 Å². The summed E-state index contributed by atoms with van der Waals surface area (Å²) < 4.78 is 5.95. The molecule has 3 rings (SSSR count). The molecule has 1 aromatic carbocycles. The molecule has 21 heavy (non-hydrogen) atoms. The summed E-state index contributed by atoms with van der Waals surface area (Å²) in [7, 11) is 4.24. The van der Waals surface area contributed by atoms with Crippen LogP contribution in [0.5, 0.6) is 0 Å². The van der Waals surface area contributed by atoms with Crippen molar-refractivity contribution < 1.29 is 9.21 Å². The maximum atomic E-state index is 11.4. The van der Waals surface area contributed by atoms with Crippen LogP contribution < -0.4 is 5.32 Å². The summed E-state index contributed by atoms with van der Waals surface area (Å²) in [6.45, 7) is 3.47. The van der Waals surface area contributed by atoms with Gasteiger partial charge in [-0.05, 0) is 51.2 Å². The minimum Gasteiger partial charge on any atom is -0.461 e. The van der Waals surface area contributed by atoms with E-state index in [-0.39, 0.29) is 5.91 Å². The van der Waals surface area contributed by atoms with Gasteiger partial charge in [-0.2, -0.15) is 0 Å². The van der Waals surface area contributed by atoms with E-state index in [2.05, 4.69) is 30.9 Å². The molecule has 1 aliphatic rings. The third-order valence-corrected chi connectivity index (χ3v) is 4.20. The molecule has 0 saturated heterocycles. The Labute approximate surface area is 124 Å². The smallest absolute Gasteiger partial charge is 0.247 e. The highest BCUT2D eigenvalue weighted by Crippen LogP contribution is 2.34. The molecule has 0 fully saturated rings. The fourth-order valence-corrected chi connectivity index (χ4v) is 2.97. The van der Waals surface area contributed by atoms with E-state index >= 15 is 0 Å². The Morgan fingerprint density at radius 1 is 1.48 bits per heavy atom. The van der Waals surface area contributed by atoms with Crippen LogP contribution in [-0.4, -0.2) is 30.9 Å². The molecule has 0 spiro atoms. The number of fused-ring (bicyclic) bond motifs is 3. The average molecular weight is 284 g/mol. The van der Waals surface area contributed by atoms with Crippen LogP contribution in [0.25, 0.3) is 11.0 Å². The first-order valence-electron chi connectivity index (χ1n) is 7.22. The molecule has 4 nitrogen and oxygen atoms in total. The molecular formula is C17H20N2O2. The summed E-state index contributed by atoms with van der Waals surface area (Å²) in [5.74, 6) is 0.896. The van der Waals surface area contributed by atoms with Crippen LogP contribution in [0, 0.1) is 0 Å². The van der Waals surface area contributed by atoms with Crippen molar-refractivity contribution in [3.8, 4) is 0 Å². The van der Waals surface area contributed by atoms with Crippen LogP contribution in [0.4, 0.5) is 5.69 Å². The molecule has 4 heteroatoms. The van der Waals surface area contributed by atoms with Crippen molar-refractivity contribution >= 4 is 22.6 Å². The monoisotopic (exact) mass is 284 g/mol. The van der Waals surface area contributed by atoms with Crippen molar-refractivity contribution in [3.63, 3.8) is 0 Å². The molecule has 0 saturated carbocycles. The lowest BCUT2D eigenvalue weighted by Gasteiger charge is -2.27. The van der Waals surface area contributed by atoms with Gasteiger partial charge in [0.25, 0.3) is 0 Å². The van der Waals surface area contributed by atoms with Crippen LogP contribution in [0.2, 0.25) is 0 Å². The fourth-order valence-electron chi connectivity index (χ4n) is 2.97. The van der Waals surface area contributed by atoms with Gasteiger partial charge in [-0.3, -0.25) is 4.79 Å². The third-order valence-electron chi connectivity index (χ3n) is 4.20. The van der Waals surface area contributed by atoms with Gasteiger partial charge >= 0.3 is 0 Å². The number of carbonyl (C=O) groups is 1. The summed E-state index contributed by atoms with van der Waals surface area (Å²) in [5, 5.41) is 3.91. The predicted molar refractivity (Wildman–Crippen MR) is 84.5 cm³/mol. The maximum absolute atomic E-state index is 11.4. The molecule has 1 amide bonds. The van der Waals surface area contributed by atoms with Crippen LogP contribution in [-0.2, 0) is 17.6 Å². The van der Waals surface area contributed by atoms with Gasteiger partial charge in [-0.15, -0.1) is 0 Å². The van der Waals surface area contributed by atoms with Crippen molar-refractivity contribution in [2.24, 2.45) is 0 Å². The van der Waals surface area contributed by atoms with Crippen LogP contribution in [0.3, 0.4) is 0 Å². The molecule has 110 valence electrons. The highest BCUT2D eigenvalue weighted by Gasteiger charge is 2.25. The zero-order chi connectivity index (χ0) is 15.0. The van der Waals surface area contributed by atoms with E-state index in [0.29, 0.717) is 6.04 Å². The van der Waals surface area contributed by atoms with Crippen molar-refractivity contribution in [3.05, 3.63) is 42.2 Å². The summed E-state index contributed by atoms with van der Waals surface area (Å²) >= 11 is 0. The molecular weight excluding hydrogens is 264 g/mol. The molecule has 2 aromatic rings. The lowest BCUT2D eigenvalue weighted by Crippen LogP contribution is -2.33. The Balaban J connectivity index is 1.99. The Morgan fingerprint density at radius 2 is 2.29 bits per heavy atom. The van der Waals surface area contributed by atoms with E-state index in [1.165, 1.54) is 11.6 Å². The van der Waals surface area contributed by atoms with Crippen LogP contribution in [0.1, 0.15) is 17.7 Å². The molecule has 1 unspecified atom stereocenters. The number of nitrogens with zero attached hydrogens (tertiary/aromatic N) is 1. The Morgan fingerprint density at radius 3 is 3.00 bits per heavy atom. The number of anilines is 1. The van der Waals surface area contributed by atoms with Crippen LogP contribution >= 0.6 is 0 Å². The topological polar surface area (TPSA) is 45.5 Å². The van der Waals surface area contributed by atoms with Gasteiger partial charge in [-0.25, -0.2) is 0 Å². The van der Waals surface area contributed by atoms with Crippen molar-refractivity contribution in [1.82, 2.24) is 4.90 Å². The molecule has 0 aliphatic heterocycles. The highest BCUT2D eigenvalue weighted by molar-refractivity contribution is 6.00. The van der Waals surface area contributed by atoms with Crippen molar-refractivity contribution in [2.45, 2.75) is 25.3 Å². The van der Waals surface area contributed by atoms with E-state index in [1.807, 2.05) is 18.2 Å². The second-order valence-corrected chi connectivity index (χ2v) is 5.77. The first-order valence-corrected chi connectivity index (χ1v) is 7.22. The first kappa shape index (κ1) is 13.9. The summed E-state index contributed by atoms with van der Waals surface area (Å²) in [6, 6.07) is 6.33. The van der Waals surface area contributed by atoms with E-state index in [0.717, 1.165) is 41.7 Å². The molecule has 1 N–H and O–H groups in total. The number of amides is 1. The fraction of sp³-hybridized carbons (Fsp3) is 0.353. The lowest BCUT2D eigenvalue weighted by molar-refractivity contribution is -0.111. The second kappa shape index (κ2) is 5.37. The van der Waals surface area contributed by atoms with Crippen LogP contribution in [0.15, 0.2) is 35.3 Å². The number of carbonyl (C=O) groups excluding carboxylic acids is 1. The van der Waals surface area contributed by atoms with Gasteiger partial charge in [-0.1, -0.05) is 6.58 Å². The minimum absolute atomic E-state index is 0.196. The molecule has 1 aromatic heterocycles. The van der Waals surface area contributed by atoms with Gasteiger partial charge in [0.2, 0.25) is 5.91 Å². The average Bonchev–Trinajstić information content (AvgIpc) is 2.84. The Hall–Kier alpha value is -2.07. The number of aryl methyl sites for hydroxylation is 1. The Kier molecular flexibility index (Phi) is 3.55. The zero-order valence-corrected chi connectivity index (χ0v) is 12.5. The quantitative estimate of drug-likeness (QED) is 0.881. The largest absolute Gasteiger partial charge is 0.461 e. The first-order chi connectivity index (χ1) is 10.1. The lowest BCUT2D eigenvalue weighted by atomic mass is 9.91. The summed E-state index contributed by atoms with van der Waals surface area (Å²) in [6.07, 6.45) is 4.37. The molecule has 1 aliphatic carbocycles. The standard InChI is InChI=1S/C17H20N2O2/c1-4-17(20)18-11-5-7-15-13(9-11)14-10-12(19(2)3)6-8-16(14)21-15/h4-5,7,9,12H,1,6,8,10H2,2-3H3,(H,18,20). The predicted octanol–water partition coefficient (Wildman–Crippen LogP) is 2.98. The molecule has 0 radical (unpaired) electrons. The number of rotatable bonds is 3. The number of benzene rings is 1. The van der Waals surface area contributed by atoms with Gasteiger partial charge in [0.05, 0.1) is 0 Å². The number of likely N-dealkylation sites (N-methyl/N-ethyl adjacent to an activating group) is 1. The molecule has 1 heterocycles. The van der Waals surface area contributed by atoms with Gasteiger partial charge < -0.3 is 14.6 Å². The van der Waals surface area contributed by atoms with Gasteiger partial charge in [0.1, 0.15) is 11.3 Å². The number of hydrogen-bond donors (Lipinski definition) is 1. The van der Waals surface area contributed by atoms with E-state index < -0.39 is 0 Å². The van der Waals surface area contributed by atoms with Crippen molar-refractivity contribution in [2.75, 3.05) is 19.4 Å². The SMILES string of the molecule is C=CC(=O)Nc1ccc2oc3c(c2c1)CC(N(C)C)CC3. The van der Waals surface area contributed by atoms with Gasteiger partial charge in [0.15, 0.2) is 0 Å². The number of furan rings is 1. The summed E-state index contributed by atoms with van der Waals surface area (Å²) in [5.41, 5.74) is 2.96. The Bertz CT molecular complexity index is 700. The number of nitrogens with one attached hydrogen (secondary N) is 1. The van der Waals surface area contributed by atoms with Crippen molar-refractivity contribution in [1.29, 1.82) is 0 Å². The van der Waals surface area contributed by atoms with E-state index in [4.69, 9.17) is 4.42 Å².